The van der Waals surface area contributed by atoms with Crippen LogP contribution in [0, 0.1) is 0 Å². The Morgan fingerprint density at radius 2 is 0.857 bits per heavy atom. The van der Waals surface area contributed by atoms with E-state index in [2.05, 4.69) is 0 Å². The van der Waals surface area contributed by atoms with Crippen molar-refractivity contribution >= 4 is 19.7 Å². The number of aromatic hydroxyl groups is 1. The first-order chi connectivity index (χ1) is 16.6. The highest BCUT2D eigenvalue weighted by Gasteiger charge is 2.19. The van der Waals surface area contributed by atoms with Gasteiger partial charge >= 0.3 is 0 Å². The van der Waals surface area contributed by atoms with Gasteiger partial charge in [-0.3, -0.25) is 0 Å². The number of ether oxygens (including phenoxy) is 1. The summed E-state index contributed by atoms with van der Waals surface area (Å²) in [7, 11) is -7.39. The second-order valence-corrected chi connectivity index (χ2v) is 12.2. The minimum atomic E-state index is -3.73. The zero-order valence-corrected chi connectivity index (χ0v) is 20.8. The predicted octanol–water partition coefficient (Wildman–Crippen LogP) is 5.97. The first-order valence-electron chi connectivity index (χ1n) is 10.8. The molecule has 0 aliphatic rings. The number of benzene rings is 4. The maximum absolute atomic E-state index is 12.9. The van der Waals surface area contributed by atoms with E-state index in [0.717, 1.165) is 5.56 Å². The molecular formula is C27H24O6S2. The average Bonchev–Trinajstić information content (AvgIpc) is 2.85. The molecule has 0 atom stereocenters. The lowest BCUT2D eigenvalue weighted by molar-refractivity contribution is 0.474. The third-order valence-electron chi connectivity index (χ3n) is 5.51. The molecule has 35 heavy (non-hydrogen) atoms. The molecule has 6 nitrogen and oxygen atoms in total. The first kappa shape index (κ1) is 24.5. The quantitative estimate of drug-likeness (QED) is 0.330. The lowest BCUT2D eigenvalue weighted by Crippen LogP contribution is -2.02. The normalized spacial score (nSPS) is 12.0. The van der Waals surface area contributed by atoms with E-state index in [-0.39, 0.29) is 25.3 Å². The van der Waals surface area contributed by atoms with Gasteiger partial charge in [0.25, 0.3) is 0 Å². The molecule has 0 spiro atoms. The van der Waals surface area contributed by atoms with Gasteiger partial charge in [-0.15, -0.1) is 0 Å². The van der Waals surface area contributed by atoms with Crippen molar-refractivity contribution in [1.82, 2.24) is 0 Å². The van der Waals surface area contributed by atoms with E-state index in [1.54, 1.807) is 24.3 Å². The highest BCUT2D eigenvalue weighted by atomic mass is 32.2. The van der Waals surface area contributed by atoms with Gasteiger partial charge in [0, 0.05) is 0 Å². The van der Waals surface area contributed by atoms with Crippen LogP contribution in [-0.2, 0) is 19.7 Å². The van der Waals surface area contributed by atoms with E-state index >= 15 is 0 Å². The van der Waals surface area contributed by atoms with Crippen molar-refractivity contribution in [3.05, 3.63) is 103 Å². The summed E-state index contributed by atoms with van der Waals surface area (Å²) >= 11 is 0. The third-order valence-corrected chi connectivity index (χ3v) is 9.08. The predicted molar refractivity (Wildman–Crippen MR) is 132 cm³/mol. The maximum Gasteiger partial charge on any atom is 0.206 e. The van der Waals surface area contributed by atoms with Crippen molar-refractivity contribution < 1.29 is 26.7 Å². The lowest BCUT2D eigenvalue weighted by atomic mass is 10.0. The molecule has 0 unspecified atom stereocenters. The van der Waals surface area contributed by atoms with Gasteiger partial charge in [-0.05, 0) is 96.4 Å². The molecule has 0 saturated carbocycles. The van der Waals surface area contributed by atoms with Gasteiger partial charge in [-0.2, -0.15) is 0 Å². The van der Waals surface area contributed by atoms with E-state index in [0.29, 0.717) is 17.4 Å². The standard InChI is InChI=1S/C27H24O6S2/c1-19(2)20-3-11-24(12-4-20)34(29,30)26-15-7-22(8-16-26)33-23-9-17-27(18-10-23)35(31,32)25-13-5-21(28)6-14-25/h3-19,28H,1-2H3. The molecular weight excluding hydrogens is 484 g/mol. The van der Waals surface area contributed by atoms with Crippen molar-refractivity contribution in [2.45, 2.75) is 39.3 Å². The number of phenols is 1. The summed E-state index contributed by atoms with van der Waals surface area (Å²) < 4.78 is 57.1. The number of hydrogen-bond acceptors (Lipinski definition) is 6. The summed E-state index contributed by atoms with van der Waals surface area (Å²) in [6, 6.07) is 24.1. The summed E-state index contributed by atoms with van der Waals surface area (Å²) in [4.78, 5) is 0.526. The van der Waals surface area contributed by atoms with E-state index in [1.165, 1.54) is 60.7 Å². The van der Waals surface area contributed by atoms with Gasteiger partial charge in [-0.1, -0.05) is 26.0 Å². The van der Waals surface area contributed by atoms with Crippen LogP contribution >= 0.6 is 0 Å². The fourth-order valence-corrected chi connectivity index (χ4v) is 5.96. The molecule has 0 fully saturated rings. The Hall–Kier alpha value is -3.62. The highest BCUT2D eigenvalue weighted by Crippen LogP contribution is 2.29. The number of phenolic OH excluding ortho intramolecular Hbond substituents is 1. The molecule has 0 aliphatic carbocycles. The number of rotatable bonds is 7. The maximum atomic E-state index is 12.9. The SMILES string of the molecule is CC(C)c1ccc(S(=O)(=O)c2ccc(Oc3ccc(S(=O)(=O)c4ccc(O)cc4)cc3)cc2)cc1. The van der Waals surface area contributed by atoms with Crippen LogP contribution in [0.4, 0.5) is 0 Å². The minimum Gasteiger partial charge on any atom is -0.508 e. The van der Waals surface area contributed by atoms with Crippen LogP contribution in [0.25, 0.3) is 0 Å². The third kappa shape index (κ3) is 5.23. The molecule has 4 rings (SSSR count). The smallest absolute Gasteiger partial charge is 0.206 e. The zero-order chi connectivity index (χ0) is 25.2. The van der Waals surface area contributed by atoms with Crippen molar-refractivity contribution in [3.63, 3.8) is 0 Å². The summed E-state index contributed by atoms with van der Waals surface area (Å²) in [5, 5.41) is 9.37. The van der Waals surface area contributed by atoms with Crippen LogP contribution in [0.1, 0.15) is 25.3 Å². The average molecular weight is 509 g/mol. The molecule has 0 aliphatic heterocycles. The van der Waals surface area contributed by atoms with Gasteiger partial charge in [0.1, 0.15) is 17.2 Å². The number of sulfone groups is 2. The zero-order valence-electron chi connectivity index (χ0n) is 19.1. The van der Waals surface area contributed by atoms with Crippen LogP contribution < -0.4 is 4.74 Å². The minimum absolute atomic E-state index is 0.0180. The molecule has 0 radical (unpaired) electrons. The van der Waals surface area contributed by atoms with Gasteiger partial charge < -0.3 is 9.84 Å². The Balaban J connectivity index is 1.49. The monoisotopic (exact) mass is 508 g/mol. The van der Waals surface area contributed by atoms with Gasteiger partial charge in [0.15, 0.2) is 0 Å². The fourth-order valence-electron chi connectivity index (χ4n) is 3.44. The van der Waals surface area contributed by atoms with Crippen LogP contribution in [0.3, 0.4) is 0 Å². The van der Waals surface area contributed by atoms with Crippen LogP contribution in [0.2, 0.25) is 0 Å². The van der Waals surface area contributed by atoms with Crippen molar-refractivity contribution in [2.75, 3.05) is 0 Å². The Labute approximate surface area is 205 Å². The van der Waals surface area contributed by atoms with E-state index in [1.807, 2.05) is 26.0 Å². The largest absolute Gasteiger partial charge is 0.508 e. The Morgan fingerprint density at radius 1 is 0.543 bits per heavy atom. The Kier molecular flexibility index (Phi) is 6.69. The van der Waals surface area contributed by atoms with Crippen molar-refractivity contribution in [3.8, 4) is 17.2 Å². The Morgan fingerprint density at radius 3 is 1.20 bits per heavy atom. The van der Waals surface area contributed by atoms with Crippen LogP contribution in [-0.4, -0.2) is 21.9 Å². The molecule has 0 amide bonds. The fraction of sp³-hybridized carbons (Fsp3) is 0.111. The van der Waals surface area contributed by atoms with E-state index in [9.17, 15) is 21.9 Å². The molecule has 8 heteroatoms. The van der Waals surface area contributed by atoms with Gasteiger partial charge in [0.2, 0.25) is 19.7 Å². The Bertz CT molecular complexity index is 1520. The molecule has 4 aromatic carbocycles. The summed E-state index contributed by atoms with van der Waals surface area (Å²) in [5.74, 6) is 1.10. The number of hydrogen-bond donors (Lipinski definition) is 1. The van der Waals surface area contributed by atoms with Crippen LogP contribution in [0.15, 0.2) is 117 Å². The van der Waals surface area contributed by atoms with Crippen LogP contribution in [0.5, 0.6) is 17.2 Å². The first-order valence-corrected chi connectivity index (χ1v) is 13.8. The van der Waals surface area contributed by atoms with Crippen molar-refractivity contribution in [2.24, 2.45) is 0 Å². The highest BCUT2D eigenvalue weighted by molar-refractivity contribution is 7.91. The summed E-state index contributed by atoms with van der Waals surface area (Å²) in [6.07, 6.45) is 0. The molecule has 0 bridgehead atoms. The second kappa shape index (κ2) is 9.56. The molecule has 1 N–H and O–H groups in total. The van der Waals surface area contributed by atoms with E-state index in [4.69, 9.17) is 4.74 Å². The van der Waals surface area contributed by atoms with Gasteiger partial charge in [0.05, 0.1) is 19.6 Å². The second-order valence-electron chi connectivity index (χ2n) is 8.27. The lowest BCUT2D eigenvalue weighted by Gasteiger charge is -2.10. The summed E-state index contributed by atoms with van der Waals surface area (Å²) in [6.45, 7) is 4.09. The van der Waals surface area contributed by atoms with E-state index < -0.39 is 19.7 Å². The van der Waals surface area contributed by atoms with Gasteiger partial charge in [-0.25, -0.2) is 16.8 Å². The molecule has 0 aromatic heterocycles. The summed E-state index contributed by atoms with van der Waals surface area (Å²) in [5.41, 5.74) is 1.06. The molecule has 0 saturated heterocycles. The van der Waals surface area contributed by atoms with Crippen molar-refractivity contribution in [1.29, 1.82) is 0 Å². The topological polar surface area (TPSA) is 97.7 Å². The molecule has 180 valence electrons. The molecule has 0 heterocycles. The molecule has 4 aromatic rings.